The van der Waals surface area contributed by atoms with Crippen molar-refractivity contribution in [3.05, 3.63) is 5.82 Å². The molecular formula is C11H16N4O4S2. The number of thioether (sulfide) groups is 1. The molecule has 0 radical (unpaired) electrons. The first-order chi connectivity index (χ1) is 9.78. The number of aromatic nitrogens is 3. The summed E-state index contributed by atoms with van der Waals surface area (Å²) >= 11 is 1.15. The molecular weight excluding hydrogens is 316 g/mol. The van der Waals surface area contributed by atoms with Gasteiger partial charge in [-0.25, -0.2) is 8.42 Å². The largest absolute Gasteiger partial charge is 0.309 e. The highest BCUT2D eigenvalue weighted by Gasteiger charge is 2.32. The third kappa shape index (κ3) is 4.03. The predicted molar refractivity (Wildman–Crippen MR) is 76.6 cm³/mol. The van der Waals surface area contributed by atoms with Crippen LogP contribution in [0.3, 0.4) is 0 Å². The molecule has 10 heteroatoms. The molecule has 2 amide bonds. The van der Waals surface area contributed by atoms with Gasteiger partial charge in [-0.05, 0) is 6.42 Å². The van der Waals surface area contributed by atoms with Crippen LogP contribution in [-0.2, 0) is 26.5 Å². The molecule has 2 rings (SSSR count). The summed E-state index contributed by atoms with van der Waals surface area (Å²) in [6, 6.07) is 0. The SMILES string of the molecule is CC(=O)NC(=O)CSc1nnc([C@H]2CCS(=O)(=O)C2)n1C. The van der Waals surface area contributed by atoms with Gasteiger partial charge in [-0.1, -0.05) is 11.8 Å². The fourth-order valence-electron chi connectivity index (χ4n) is 2.17. The third-order valence-electron chi connectivity index (χ3n) is 3.11. The molecule has 0 bridgehead atoms. The molecule has 0 spiro atoms. The topological polar surface area (TPSA) is 111 Å². The maximum Gasteiger partial charge on any atom is 0.237 e. The minimum absolute atomic E-state index is 0.0501. The average molecular weight is 332 g/mol. The number of imide groups is 1. The highest BCUT2D eigenvalue weighted by Crippen LogP contribution is 2.29. The lowest BCUT2D eigenvalue weighted by Crippen LogP contribution is -2.29. The summed E-state index contributed by atoms with van der Waals surface area (Å²) in [5, 5.41) is 10.7. The first-order valence-corrected chi connectivity index (χ1v) is 9.12. The number of rotatable bonds is 4. The molecule has 1 saturated heterocycles. The highest BCUT2D eigenvalue weighted by molar-refractivity contribution is 7.99. The van der Waals surface area contributed by atoms with Gasteiger partial charge in [0.15, 0.2) is 15.0 Å². The molecule has 0 aromatic carbocycles. The first kappa shape index (κ1) is 16.0. The van der Waals surface area contributed by atoms with E-state index in [9.17, 15) is 18.0 Å². The van der Waals surface area contributed by atoms with E-state index in [0.717, 1.165) is 11.8 Å². The van der Waals surface area contributed by atoms with Gasteiger partial charge in [-0.3, -0.25) is 14.9 Å². The summed E-state index contributed by atoms with van der Waals surface area (Å²) in [5.41, 5.74) is 0. The van der Waals surface area contributed by atoms with E-state index < -0.39 is 21.7 Å². The Balaban J connectivity index is 2.01. The summed E-state index contributed by atoms with van der Waals surface area (Å²) < 4.78 is 24.7. The highest BCUT2D eigenvalue weighted by atomic mass is 32.2. The van der Waals surface area contributed by atoms with Crippen molar-refractivity contribution in [3.63, 3.8) is 0 Å². The van der Waals surface area contributed by atoms with Crippen LogP contribution in [-0.4, -0.2) is 52.3 Å². The van der Waals surface area contributed by atoms with Gasteiger partial charge < -0.3 is 4.57 Å². The average Bonchev–Trinajstić information content (AvgIpc) is 2.89. The van der Waals surface area contributed by atoms with E-state index in [1.807, 2.05) is 0 Å². The van der Waals surface area contributed by atoms with E-state index in [2.05, 4.69) is 15.5 Å². The fourth-order valence-corrected chi connectivity index (χ4v) is 4.63. The van der Waals surface area contributed by atoms with Crippen molar-refractivity contribution in [3.8, 4) is 0 Å². The molecule has 0 saturated carbocycles. The number of nitrogens with zero attached hydrogens (tertiary/aromatic N) is 3. The maximum absolute atomic E-state index is 11.5. The van der Waals surface area contributed by atoms with Crippen molar-refractivity contribution in [1.29, 1.82) is 0 Å². The normalized spacial score (nSPS) is 20.4. The number of hydrogen-bond acceptors (Lipinski definition) is 7. The van der Waals surface area contributed by atoms with Crippen LogP contribution >= 0.6 is 11.8 Å². The first-order valence-electron chi connectivity index (χ1n) is 6.31. The Bertz CT molecular complexity index is 668. The number of carbonyl (C=O) groups excluding carboxylic acids is 2. The molecule has 2 heterocycles. The summed E-state index contributed by atoms with van der Waals surface area (Å²) in [7, 11) is -1.24. The van der Waals surface area contributed by atoms with Crippen molar-refractivity contribution in [1.82, 2.24) is 20.1 Å². The van der Waals surface area contributed by atoms with Crippen molar-refractivity contribution in [2.75, 3.05) is 17.3 Å². The zero-order valence-electron chi connectivity index (χ0n) is 11.7. The van der Waals surface area contributed by atoms with Crippen LogP contribution in [0.25, 0.3) is 0 Å². The molecule has 1 N–H and O–H groups in total. The molecule has 21 heavy (non-hydrogen) atoms. The lowest BCUT2D eigenvalue weighted by molar-refractivity contribution is -0.127. The van der Waals surface area contributed by atoms with Crippen molar-refractivity contribution < 1.29 is 18.0 Å². The number of hydrogen-bond donors (Lipinski definition) is 1. The molecule has 1 fully saturated rings. The van der Waals surface area contributed by atoms with Crippen molar-refractivity contribution in [2.24, 2.45) is 7.05 Å². The van der Waals surface area contributed by atoms with E-state index in [1.165, 1.54) is 6.92 Å². The number of carbonyl (C=O) groups is 2. The molecule has 1 aliphatic rings. The van der Waals surface area contributed by atoms with Crippen LogP contribution in [0.4, 0.5) is 0 Å². The van der Waals surface area contributed by atoms with Gasteiger partial charge in [-0.15, -0.1) is 10.2 Å². The van der Waals surface area contributed by atoms with E-state index in [0.29, 0.717) is 17.4 Å². The number of nitrogens with one attached hydrogen (secondary N) is 1. The lowest BCUT2D eigenvalue weighted by atomic mass is 10.1. The summed E-state index contributed by atoms with van der Waals surface area (Å²) in [4.78, 5) is 22.1. The minimum Gasteiger partial charge on any atom is -0.309 e. The number of sulfone groups is 1. The minimum atomic E-state index is -2.98. The van der Waals surface area contributed by atoms with Crippen LogP contribution < -0.4 is 5.32 Å². The van der Waals surface area contributed by atoms with E-state index in [-0.39, 0.29) is 23.2 Å². The Labute approximate surface area is 126 Å². The van der Waals surface area contributed by atoms with Crippen molar-refractivity contribution in [2.45, 2.75) is 24.4 Å². The number of amides is 2. The van der Waals surface area contributed by atoms with Crippen molar-refractivity contribution >= 4 is 33.4 Å². The molecule has 8 nitrogen and oxygen atoms in total. The second kappa shape index (κ2) is 6.14. The molecule has 1 aromatic rings. The lowest BCUT2D eigenvalue weighted by Gasteiger charge is -2.07. The Morgan fingerprint density at radius 3 is 2.71 bits per heavy atom. The fraction of sp³-hybridized carbons (Fsp3) is 0.636. The van der Waals surface area contributed by atoms with Crippen LogP contribution in [0.5, 0.6) is 0 Å². The molecule has 1 atom stereocenters. The quantitative estimate of drug-likeness (QED) is 0.738. The van der Waals surface area contributed by atoms with Crippen LogP contribution in [0.15, 0.2) is 5.16 Å². The summed E-state index contributed by atoms with van der Waals surface area (Å²) in [5.74, 6) is -0.0221. The van der Waals surface area contributed by atoms with Gasteiger partial charge in [0.2, 0.25) is 11.8 Å². The smallest absolute Gasteiger partial charge is 0.237 e. The standard InChI is InChI=1S/C11H16N4O4S2/c1-7(16)12-9(17)5-20-11-14-13-10(15(11)2)8-3-4-21(18,19)6-8/h8H,3-6H2,1-2H3,(H,12,16,17)/t8-/m0/s1. The van der Waals surface area contributed by atoms with E-state index in [1.54, 1.807) is 11.6 Å². The van der Waals surface area contributed by atoms with Gasteiger partial charge in [0, 0.05) is 19.9 Å². The van der Waals surface area contributed by atoms with Crippen LogP contribution in [0.2, 0.25) is 0 Å². The monoisotopic (exact) mass is 332 g/mol. The second-order valence-electron chi connectivity index (χ2n) is 4.89. The zero-order valence-corrected chi connectivity index (χ0v) is 13.3. The zero-order chi connectivity index (χ0) is 15.6. The van der Waals surface area contributed by atoms with Gasteiger partial charge in [0.25, 0.3) is 0 Å². The Kier molecular flexibility index (Phi) is 4.67. The van der Waals surface area contributed by atoms with Gasteiger partial charge in [0.1, 0.15) is 5.82 Å². The predicted octanol–water partition coefficient (Wildman–Crippen LogP) is -0.528. The molecule has 0 unspecified atom stereocenters. The molecule has 0 aliphatic carbocycles. The summed E-state index contributed by atoms with van der Waals surface area (Å²) in [6.07, 6.45) is 0.545. The summed E-state index contributed by atoms with van der Waals surface area (Å²) in [6.45, 7) is 1.27. The molecule has 1 aromatic heterocycles. The Morgan fingerprint density at radius 1 is 1.43 bits per heavy atom. The molecule has 116 valence electrons. The van der Waals surface area contributed by atoms with E-state index >= 15 is 0 Å². The Morgan fingerprint density at radius 2 is 2.14 bits per heavy atom. The van der Waals surface area contributed by atoms with E-state index in [4.69, 9.17) is 0 Å². The molecule has 1 aliphatic heterocycles. The Hall–Kier alpha value is -1.42. The third-order valence-corrected chi connectivity index (χ3v) is 5.90. The maximum atomic E-state index is 11.5. The van der Waals surface area contributed by atoms with Crippen LogP contribution in [0, 0.1) is 0 Å². The van der Waals surface area contributed by atoms with Gasteiger partial charge in [0.05, 0.1) is 17.3 Å². The second-order valence-corrected chi connectivity index (χ2v) is 8.06. The van der Waals surface area contributed by atoms with Crippen LogP contribution in [0.1, 0.15) is 25.1 Å². The van der Waals surface area contributed by atoms with Gasteiger partial charge >= 0.3 is 0 Å². The van der Waals surface area contributed by atoms with Gasteiger partial charge in [-0.2, -0.15) is 0 Å².